The van der Waals surface area contributed by atoms with Crippen LogP contribution in [0.4, 0.5) is 4.39 Å². The van der Waals surface area contributed by atoms with Crippen LogP contribution in [0.2, 0.25) is 5.02 Å². The van der Waals surface area contributed by atoms with Gasteiger partial charge >= 0.3 is 5.97 Å². The van der Waals surface area contributed by atoms with Crippen LogP contribution in [-0.4, -0.2) is 53.5 Å². The minimum absolute atomic E-state index is 0.0333. The van der Waals surface area contributed by atoms with E-state index >= 15 is 4.39 Å². The van der Waals surface area contributed by atoms with Crippen molar-refractivity contribution in [2.75, 3.05) is 32.5 Å². The molecule has 0 bridgehead atoms. The summed E-state index contributed by atoms with van der Waals surface area (Å²) in [6.45, 7) is 2.15. The van der Waals surface area contributed by atoms with Crippen LogP contribution in [0, 0.1) is 11.8 Å². The van der Waals surface area contributed by atoms with E-state index in [0.29, 0.717) is 24.3 Å². The highest BCUT2D eigenvalue weighted by Crippen LogP contribution is 2.36. The molecule has 3 aromatic rings. The number of pyridine rings is 1. The van der Waals surface area contributed by atoms with Crippen molar-refractivity contribution in [2.24, 2.45) is 11.8 Å². The van der Waals surface area contributed by atoms with Crippen molar-refractivity contribution in [1.82, 2.24) is 9.88 Å². The number of rotatable bonds is 10. The zero-order valence-corrected chi connectivity index (χ0v) is 21.3. The number of benzene rings is 1. The van der Waals surface area contributed by atoms with Crippen LogP contribution in [0.15, 0.2) is 46.1 Å². The Labute approximate surface area is 212 Å². The summed E-state index contributed by atoms with van der Waals surface area (Å²) in [4.78, 5) is 18.5. The monoisotopic (exact) mass is 522 g/mol. The molecule has 0 aliphatic carbocycles. The Morgan fingerprint density at radius 3 is 3.00 bits per heavy atom. The van der Waals surface area contributed by atoms with Crippen LogP contribution in [0.3, 0.4) is 0 Å². The highest BCUT2D eigenvalue weighted by Gasteiger charge is 2.34. The number of thioether (sulfide) groups is 1. The first-order valence-corrected chi connectivity index (χ1v) is 13.6. The summed E-state index contributed by atoms with van der Waals surface area (Å²) in [6.07, 6.45) is 2.03. The molecule has 182 valence electrons. The highest BCUT2D eigenvalue weighted by molar-refractivity contribution is 8.01. The van der Waals surface area contributed by atoms with E-state index < -0.39 is 18.1 Å². The highest BCUT2D eigenvalue weighted by atomic mass is 35.5. The largest absolute Gasteiger partial charge is 0.497 e. The third kappa shape index (κ3) is 6.03. The van der Waals surface area contributed by atoms with Gasteiger partial charge in [0, 0.05) is 30.4 Å². The van der Waals surface area contributed by atoms with Crippen molar-refractivity contribution in [2.45, 2.75) is 29.6 Å². The summed E-state index contributed by atoms with van der Waals surface area (Å²) < 4.78 is 21.7. The third-order valence-corrected chi connectivity index (χ3v) is 9.25. The Morgan fingerprint density at radius 2 is 2.26 bits per heavy atom. The van der Waals surface area contributed by atoms with Crippen LogP contribution in [-0.2, 0) is 4.79 Å². The standard InChI is InChI=1S/C25H28ClFN2O3S2/c1-32-17-3-5-23-19(14-17)18(6-9-28-23)22(27)4-2-16-7-10-29(15-20(16)24(30)31)11-13-34-25-21(26)8-12-33-25/h3,5-6,8-9,12,14,16,20,22H,2,4,7,10-11,13,15H2,1H3,(H,30,31)/t16-,20+,22+/m1/s1. The molecule has 0 amide bonds. The molecule has 4 rings (SSSR count). The van der Waals surface area contributed by atoms with Crippen molar-refractivity contribution < 1.29 is 19.0 Å². The van der Waals surface area contributed by atoms with E-state index in [9.17, 15) is 9.90 Å². The summed E-state index contributed by atoms with van der Waals surface area (Å²) in [5.74, 6) is 0.215. The van der Waals surface area contributed by atoms with E-state index in [4.69, 9.17) is 16.3 Å². The maximum Gasteiger partial charge on any atom is 0.308 e. The Balaban J connectivity index is 1.34. The lowest BCUT2D eigenvalue weighted by atomic mass is 9.81. The molecule has 1 N–H and O–H groups in total. The maximum absolute atomic E-state index is 15.4. The second-order valence-electron chi connectivity index (χ2n) is 8.53. The van der Waals surface area contributed by atoms with E-state index in [1.165, 1.54) is 0 Å². The summed E-state index contributed by atoms with van der Waals surface area (Å²) >= 11 is 9.49. The van der Waals surface area contributed by atoms with E-state index in [-0.39, 0.29) is 12.3 Å². The number of aromatic nitrogens is 1. The summed E-state index contributed by atoms with van der Waals surface area (Å²) in [5, 5.41) is 13.3. The van der Waals surface area contributed by atoms with Crippen molar-refractivity contribution in [3.63, 3.8) is 0 Å². The lowest BCUT2D eigenvalue weighted by molar-refractivity contribution is -0.146. The van der Waals surface area contributed by atoms with Crippen molar-refractivity contribution in [3.8, 4) is 5.75 Å². The van der Waals surface area contributed by atoms with E-state index in [2.05, 4.69) is 9.88 Å². The Bertz CT molecular complexity index is 1130. The predicted molar refractivity (Wildman–Crippen MR) is 137 cm³/mol. The van der Waals surface area contributed by atoms with Crippen LogP contribution in [0.5, 0.6) is 5.75 Å². The van der Waals surface area contributed by atoms with Gasteiger partial charge in [-0.3, -0.25) is 9.78 Å². The molecule has 1 aliphatic rings. The van der Waals surface area contributed by atoms with Gasteiger partial charge in [0.15, 0.2) is 0 Å². The number of likely N-dealkylation sites (tertiary alicyclic amines) is 1. The first-order valence-electron chi connectivity index (χ1n) is 11.3. The van der Waals surface area contributed by atoms with Crippen LogP contribution in [0.25, 0.3) is 10.9 Å². The van der Waals surface area contributed by atoms with Gasteiger partial charge in [-0.15, -0.1) is 23.1 Å². The molecule has 5 nitrogen and oxygen atoms in total. The van der Waals surface area contributed by atoms with Gasteiger partial charge in [-0.2, -0.15) is 0 Å². The molecule has 0 radical (unpaired) electrons. The molecule has 3 atom stereocenters. The fraction of sp³-hybridized carbons (Fsp3) is 0.440. The molecule has 34 heavy (non-hydrogen) atoms. The Kier molecular flexibility index (Phi) is 8.69. The van der Waals surface area contributed by atoms with Crippen LogP contribution >= 0.6 is 34.7 Å². The van der Waals surface area contributed by atoms with Gasteiger partial charge in [0.25, 0.3) is 0 Å². The number of carbonyl (C=O) groups is 1. The first-order chi connectivity index (χ1) is 16.5. The lowest BCUT2D eigenvalue weighted by Gasteiger charge is -2.36. The number of piperidine rings is 1. The predicted octanol–water partition coefficient (Wildman–Crippen LogP) is 6.56. The number of carboxylic acids is 1. The zero-order valence-electron chi connectivity index (χ0n) is 19.0. The quantitative estimate of drug-likeness (QED) is 0.304. The number of methoxy groups -OCH3 is 1. The molecule has 0 saturated carbocycles. The fourth-order valence-corrected chi connectivity index (χ4v) is 6.98. The first kappa shape index (κ1) is 25.2. The molecule has 1 aromatic carbocycles. The van der Waals surface area contributed by atoms with Gasteiger partial charge in [0.2, 0.25) is 0 Å². The van der Waals surface area contributed by atoms with E-state index in [1.54, 1.807) is 42.5 Å². The average Bonchev–Trinajstić information content (AvgIpc) is 3.26. The third-order valence-electron chi connectivity index (χ3n) is 6.49. The van der Waals surface area contributed by atoms with Crippen molar-refractivity contribution in [1.29, 1.82) is 0 Å². The smallest absolute Gasteiger partial charge is 0.308 e. The lowest BCUT2D eigenvalue weighted by Crippen LogP contribution is -2.44. The Hall–Kier alpha value is -1.87. The van der Waals surface area contributed by atoms with Gasteiger partial charge in [0.05, 0.1) is 27.8 Å². The summed E-state index contributed by atoms with van der Waals surface area (Å²) in [5.41, 5.74) is 1.30. The number of halogens is 2. The minimum atomic E-state index is -1.18. The molecule has 0 unspecified atom stereocenters. The van der Waals surface area contributed by atoms with Gasteiger partial charge in [-0.1, -0.05) is 11.6 Å². The SMILES string of the molecule is COc1ccc2nccc([C@@H](F)CC[C@@H]3CCN(CCSc4sccc4Cl)C[C@@H]3C(=O)O)c2c1. The number of ether oxygens (including phenoxy) is 1. The molecule has 3 heterocycles. The normalized spacial score (nSPS) is 19.9. The molecule has 1 aliphatic heterocycles. The number of hydrogen-bond acceptors (Lipinski definition) is 6. The van der Waals surface area contributed by atoms with Gasteiger partial charge in [0.1, 0.15) is 11.9 Å². The summed E-state index contributed by atoms with van der Waals surface area (Å²) in [7, 11) is 1.58. The van der Waals surface area contributed by atoms with Gasteiger partial charge in [-0.05, 0) is 73.0 Å². The molecular formula is C25H28ClFN2O3S2. The van der Waals surface area contributed by atoms with E-state index in [0.717, 1.165) is 45.4 Å². The number of aliphatic carboxylic acids is 1. The maximum atomic E-state index is 15.4. The molecular weight excluding hydrogens is 495 g/mol. The molecule has 1 fully saturated rings. The molecule has 1 saturated heterocycles. The molecule has 2 aromatic heterocycles. The molecule has 0 spiro atoms. The zero-order chi connectivity index (χ0) is 24.1. The minimum Gasteiger partial charge on any atom is -0.497 e. The van der Waals surface area contributed by atoms with E-state index in [1.807, 2.05) is 29.6 Å². The number of nitrogens with zero attached hydrogens (tertiary/aromatic N) is 2. The number of thiophene rings is 1. The van der Waals surface area contributed by atoms with Crippen LogP contribution in [0.1, 0.15) is 31.0 Å². The summed E-state index contributed by atoms with van der Waals surface area (Å²) in [6, 6.07) is 9.05. The second kappa shape index (κ2) is 11.7. The number of fused-ring (bicyclic) bond motifs is 1. The molecule has 9 heteroatoms. The van der Waals surface area contributed by atoms with Gasteiger partial charge in [-0.25, -0.2) is 4.39 Å². The Morgan fingerprint density at radius 1 is 1.41 bits per heavy atom. The van der Waals surface area contributed by atoms with Gasteiger partial charge < -0.3 is 14.7 Å². The number of hydrogen-bond donors (Lipinski definition) is 1. The number of carboxylic acid groups (broad SMARTS) is 1. The second-order valence-corrected chi connectivity index (χ2v) is 11.2. The topological polar surface area (TPSA) is 62.7 Å². The van der Waals surface area contributed by atoms with Crippen LogP contribution < -0.4 is 4.74 Å². The van der Waals surface area contributed by atoms with Crippen molar-refractivity contribution >= 4 is 51.6 Å². The van der Waals surface area contributed by atoms with Crippen molar-refractivity contribution in [3.05, 3.63) is 52.5 Å². The average molecular weight is 523 g/mol. The number of alkyl halides is 1. The fourth-order valence-electron chi connectivity index (χ4n) is 4.61.